The van der Waals surface area contributed by atoms with E-state index in [2.05, 4.69) is 296 Å². The largest absolute Gasteiger partial charge is 0.306 e. The second-order valence-electron chi connectivity index (χ2n) is 21.4. The summed E-state index contributed by atoms with van der Waals surface area (Å²) in [5, 5.41) is 2.34. The molecule has 398 valence electrons. The molecule has 5 aromatic heterocycles. The number of fused-ring (bicyclic) bond motifs is 3. The molecular weight excluding hydrogens is 1030 g/mol. The van der Waals surface area contributed by atoms with E-state index in [1.54, 1.807) is 0 Å². The first-order chi connectivity index (χ1) is 42.1. The van der Waals surface area contributed by atoms with E-state index >= 15 is 0 Å². The summed E-state index contributed by atoms with van der Waals surface area (Å²) < 4.78 is 2.44. The molecule has 15 rings (SSSR count). The lowest BCUT2D eigenvalue weighted by atomic mass is 9.95. The summed E-state index contributed by atoms with van der Waals surface area (Å²) >= 11 is 0. The minimum Gasteiger partial charge on any atom is -0.306 e. The average molecular weight is 1080 g/mol. The molecule has 15 aromatic rings. The maximum atomic E-state index is 5.61. The van der Waals surface area contributed by atoms with Gasteiger partial charge in [0.05, 0.1) is 56.6 Å². The molecule has 0 aliphatic carbocycles. The zero-order valence-corrected chi connectivity index (χ0v) is 46.3. The SMILES string of the molecule is c1ccc(-c2ccc3c(c2)c2cc(-c4ccccc4)ccc2n3-c2c(-c3ccc(-c4cc(-c5cc(-c6ccccc6)nc(-c6ccccc6)c5)nc(-c5cc(-c6ccccc6)nc(-c6ccccc6)c5)c4)cc3)ccnc2-c2ccccc2)cc1. The Labute approximate surface area is 494 Å². The predicted octanol–water partition coefficient (Wildman–Crippen LogP) is 20.7. The van der Waals surface area contributed by atoms with Crippen LogP contribution in [-0.4, -0.2) is 24.5 Å². The van der Waals surface area contributed by atoms with Crippen molar-refractivity contribution in [2.24, 2.45) is 0 Å². The Morgan fingerprint density at radius 3 is 0.882 bits per heavy atom. The van der Waals surface area contributed by atoms with Crippen LogP contribution in [0.1, 0.15) is 0 Å². The molecule has 0 aliphatic rings. The lowest BCUT2D eigenvalue weighted by Crippen LogP contribution is -2.02. The van der Waals surface area contributed by atoms with Gasteiger partial charge in [-0.15, -0.1) is 0 Å². The fourth-order valence-electron chi connectivity index (χ4n) is 11.8. The summed E-state index contributed by atoms with van der Waals surface area (Å²) in [5.41, 5.74) is 25.2. The van der Waals surface area contributed by atoms with Gasteiger partial charge in [-0.3, -0.25) is 4.98 Å². The van der Waals surface area contributed by atoms with Crippen molar-refractivity contribution in [2.75, 3.05) is 0 Å². The van der Waals surface area contributed by atoms with Gasteiger partial charge >= 0.3 is 0 Å². The van der Waals surface area contributed by atoms with Crippen molar-refractivity contribution in [3.8, 4) is 129 Å². The highest BCUT2D eigenvalue weighted by molar-refractivity contribution is 6.13. The Morgan fingerprint density at radius 1 is 0.212 bits per heavy atom. The van der Waals surface area contributed by atoms with Crippen LogP contribution >= 0.6 is 0 Å². The minimum atomic E-state index is 0.828. The number of rotatable bonds is 12. The van der Waals surface area contributed by atoms with E-state index in [0.717, 1.165) is 118 Å². The second-order valence-corrected chi connectivity index (χ2v) is 21.4. The summed E-state index contributed by atoms with van der Waals surface area (Å²) in [4.78, 5) is 21.4. The maximum absolute atomic E-state index is 5.61. The average Bonchev–Trinajstić information content (AvgIpc) is 1.77. The summed E-state index contributed by atoms with van der Waals surface area (Å²) in [6, 6.07) is 112. The number of hydrogen-bond acceptors (Lipinski definition) is 4. The minimum absolute atomic E-state index is 0.828. The van der Waals surface area contributed by atoms with Gasteiger partial charge in [0.25, 0.3) is 0 Å². The molecule has 0 aliphatic heterocycles. The molecule has 5 heteroatoms. The molecule has 5 heterocycles. The van der Waals surface area contributed by atoms with E-state index in [1.807, 2.05) is 30.5 Å². The topological polar surface area (TPSA) is 56.5 Å². The summed E-state index contributed by atoms with van der Waals surface area (Å²) in [6.07, 6.45) is 1.95. The van der Waals surface area contributed by atoms with Gasteiger partial charge in [-0.1, -0.05) is 249 Å². The first-order valence-electron chi connectivity index (χ1n) is 28.8. The van der Waals surface area contributed by atoms with Crippen LogP contribution < -0.4 is 0 Å². The summed E-state index contributed by atoms with van der Waals surface area (Å²) in [6.45, 7) is 0. The van der Waals surface area contributed by atoms with Crippen molar-refractivity contribution in [1.29, 1.82) is 0 Å². The Bertz CT molecular complexity index is 4520. The standard InChI is InChI=1S/C80H53N5/c1-8-22-54(23-9-1)63-40-42-77-69(46-63)70-47-64(55-24-10-2-11-25-55)41-43-78(70)85(77)80-68(44-45-81-79(80)62-34-20-7-21-35-62)57-38-36-56(37-39-57)65-48-75(66-50-71(58-26-12-3-13-27-58)82-72(51-66)59-28-14-4-15-29-59)84-76(49-65)67-52-73(60-30-16-5-17-31-60)83-74(53-67)61-32-18-6-19-33-61/h1-53H. The highest BCUT2D eigenvalue weighted by Crippen LogP contribution is 2.44. The Balaban J connectivity index is 0.927. The van der Waals surface area contributed by atoms with Crippen molar-refractivity contribution in [1.82, 2.24) is 24.5 Å². The van der Waals surface area contributed by atoms with Crippen LogP contribution in [0.5, 0.6) is 0 Å². The van der Waals surface area contributed by atoms with Crippen molar-refractivity contribution in [3.63, 3.8) is 0 Å². The number of hydrogen-bond donors (Lipinski definition) is 0. The van der Waals surface area contributed by atoms with Gasteiger partial charge in [0.2, 0.25) is 0 Å². The van der Waals surface area contributed by atoms with E-state index in [4.69, 9.17) is 19.9 Å². The van der Waals surface area contributed by atoms with Gasteiger partial charge in [-0.05, 0) is 106 Å². The first-order valence-corrected chi connectivity index (χ1v) is 28.8. The zero-order valence-electron chi connectivity index (χ0n) is 46.3. The van der Waals surface area contributed by atoms with E-state index in [0.29, 0.717) is 0 Å². The fraction of sp³-hybridized carbons (Fsp3) is 0. The molecule has 0 N–H and O–H groups in total. The maximum Gasteiger partial charge on any atom is 0.0948 e. The zero-order chi connectivity index (χ0) is 56.5. The van der Waals surface area contributed by atoms with Crippen LogP contribution in [0.2, 0.25) is 0 Å². The van der Waals surface area contributed by atoms with Gasteiger partial charge in [0.15, 0.2) is 0 Å². The van der Waals surface area contributed by atoms with E-state index in [1.165, 1.54) is 33.0 Å². The van der Waals surface area contributed by atoms with E-state index in [9.17, 15) is 0 Å². The number of aromatic nitrogens is 5. The number of pyridine rings is 4. The van der Waals surface area contributed by atoms with Crippen molar-refractivity contribution in [3.05, 3.63) is 322 Å². The van der Waals surface area contributed by atoms with Gasteiger partial charge in [-0.2, -0.15) is 0 Å². The molecular formula is C80H53N5. The van der Waals surface area contributed by atoms with Crippen molar-refractivity contribution >= 4 is 21.8 Å². The number of benzene rings is 10. The predicted molar refractivity (Wildman–Crippen MR) is 352 cm³/mol. The smallest absolute Gasteiger partial charge is 0.0948 e. The quantitative estimate of drug-likeness (QED) is 0.122. The lowest BCUT2D eigenvalue weighted by Gasteiger charge is -2.19. The van der Waals surface area contributed by atoms with Gasteiger partial charge in [0, 0.05) is 61.5 Å². The highest BCUT2D eigenvalue weighted by atomic mass is 15.0. The molecule has 0 bridgehead atoms. The molecule has 85 heavy (non-hydrogen) atoms. The third-order valence-electron chi connectivity index (χ3n) is 16.0. The summed E-state index contributed by atoms with van der Waals surface area (Å²) in [7, 11) is 0. The van der Waals surface area contributed by atoms with Crippen molar-refractivity contribution < 1.29 is 0 Å². The Kier molecular flexibility index (Phi) is 13.2. The molecule has 0 radical (unpaired) electrons. The molecule has 0 atom stereocenters. The number of nitrogens with zero attached hydrogens (tertiary/aromatic N) is 5. The molecule has 10 aromatic carbocycles. The molecule has 0 saturated carbocycles. The normalized spacial score (nSPS) is 11.3. The van der Waals surface area contributed by atoms with Crippen LogP contribution in [0.3, 0.4) is 0 Å². The Hall–Kier alpha value is -11.4. The van der Waals surface area contributed by atoms with Gasteiger partial charge in [-0.25, -0.2) is 15.0 Å². The van der Waals surface area contributed by atoms with Crippen LogP contribution in [-0.2, 0) is 0 Å². The second kappa shape index (κ2) is 22.2. The fourth-order valence-corrected chi connectivity index (χ4v) is 11.8. The molecule has 0 fully saturated rings. The molecule has 0 amide bonds. The lowest BCUT2D eigenvalue weighted by molar-refractivity contribution is 1.15. The van der Waals surface area contributed by atoms with Crippen LogP contribution in [0.4, 0.5) is 0 Å². The summed E-state index contributed by atoms with van der Waals surface area (Å²) in [5.74, 6) is 0. The van der Waals surface area contributed by atoms with E-state index < -0.39 is 0 Å². The molecule has 0 saturated heterocycles. The van der Waals surface area contributed by atoms with Crippen molar-refractivity contribution in [2.45, 2.75) is 0 Å². The van der Waals surface area contributed by atoms with Crippen LogP contribution in [0.25, 0.3) is 151 Å². The first kappa shape index (κ1) is 50.6. The molecule has 0 unspecified atom stereocenters. The molecule has 5 nitrogen and oxygen atoms in total. The monoisotopic (exact) mass is 1080 g/mol. The third-order valence-corrected chi connectivity index (χ3v) is 16.0. The van der Waals surface area contributed by atoms with Crippen LogP contribution in [0, 0.1) is 0 Å². The van der Waals surface area contributed by atoms with Gasteiger partial charge in [0.1, 0.15) is 0 Å². The third kappa shape index (κ3) is 9.96. The highest BCUT2D eigenvalue weighted by Gasteiger charge is 2.23. The Morgan fingerprint density at radius 2 is 0.506 bits per heavy atom. The molecule has 0 spiro atoms. The van der Waals surface area contributed by atoms with Gasteiger partial charge < -0.3 is 4.57 Å². The van der Waals surface area contributed by atoms with E-state index in [-0.39, 0.29) is 0 Å². The van der Waals surface area contributed by atoms with Crippen LogP contribution in [0.15, 0.2) is 322 Å².